The van der Waals surface area contributed by atoms with E-state index in [2.05, 4.69) is 5.32 Å². The lowest BCUT2D eigenvalue weighted by Gasteiger charge is -2.22. The quantitative estimate of drug-likeness (QED) is 0.795. The molecule has 7 heteroatoms. The first kappa shape index (κ1) is 17.1. The first-order valence-corrected chi connectivity index (χ1v) is 9.66. The maximum Gasteiger partial charge on any atom is 0.255 e. The Labute approximate surface area is 160 Å². The van der Waals surface area contributed by atoms with Gasteiger partial charge in [0, 0.05) is 21.5 Å². The van der Waals surface area contributed by atoms with Crippen molar-refractivity contribution >= 4 is 41.0 Å². The van der Waals surface area contributed by atoms with Gasteiger partial charge in [0.25, 0.3) is 5.91 Å². The van der Waals surface area contributed by atoms with E-state index in [-0.39, 0.29) is 12.5 Å². The van der Waals surface area contributed by atoms with Gasteiger partial charge >= 0.3 is 0 Å². The van der Waals surface area contributed by atoms with Gasteiger partial charge in [-0.15, -0.1) is 11.8 Å². The molecule has 26 heavy (non-hydrogen) atoms. The highest BCUT2D eigenvalue weighted by Gasteiger charge is 2.21. The van der Waals surface area contributed by atoms with E-state index in [9.17, 15) is 4.79 Å². The Hall–Kier alpha value is -2.31. The maximum absolute atomic E-state index is 12.7. The first-order valence-electron chi connectivity index (χ1n) is 8.06. The van der Waals surface area contributed by atoms with Gasteiger partial charge in [0.15, 0.2) is 11.5 Å². The molecule has 0 fully saturated rings. The lowest BCUT2D eigenvalue weighted by Crippen LogP contribution is -2.22. The van der Waals surface area contributed by atoms with Crippen LogP contribution < -0.4 is 19.5 Å². The third-order valence-corrected chi connectivity index (χ3v) is 5.10. The zero-order valence-electron chi connectivity index (χ0n) is 14.0. The second-order valence-electron chi connectivity index (χ2n) is 5.79. The molecule has 134 valence electrons. The Bertz CT molecular complexity index is 913. The fourth-order valence-electron chi connectivity index (χ4n) is 2.82. The van der Waals surface area contributed by atoms with Gasteiger partial charge in [-0.05, 0) is 36.6 Å². The smallest absolute Gasteiger partial charge is 0.255 e. The molecule has 0 aromatic heterocycles. The summed E-state index contributed by atoms with van der Waals surface area (Å²) in [5, 5.41) is 3.55. The number of carbonyl (C=O) groups is 1. The molecule has 1 N–H and O–H groups in total. The average Bonchev–Trinajstić information content (AvgIpc) is 2.66. The number of nitrogens with one attached hydrogen (secondary N) is 1. The van der Waals surface area contributed by atoms with Crippen molar-refractivity contribution in [3.63, 3.8) is 0 Å². The van der Waals surface area contributed by atoms with E-state index in [1.54, 1.807) is 30.3 Å². The molecule has 1 amide bonds. The van der Waals surface area contributed by atoms with E-state index in [1.165, 1.54) is 11.8 Å². The zero-order valence-corrected chi connectivity index (χ0v) is 15.6. The monoisotopic (exact) mass is 389 g/mol. The molecule has 0 bridgehead atoms. The van der Waals surface area contributed by atoms with Gasteiger partial charge in [-0.1, -0.05) is 11.6 Å². The molecule has 0 spiro atoms. The molecule has 0 saturated heterocycles. The van der Waals surface area contributed by atoms with Crippen LogP contribution in [-0.4, -0.2) is 32.0 Å². The second kappa shape index (κ2) is 7.13. The summed E-state index contributed by atoms with van der Waals surface area (Å²) in [6, 6.07) is 9.03. The highest BCUT2D eigenvalue weighted by molar-refractivity contribution is 7.98. The average molecular weight is 390 g/mol. The summed E-state index contributed by atoms with van der Waals surface area (Å²) in [7, 11) is 0. The molecule has 2 heterocycles. The van der Waals surface area contributed by atoms with Crippen molar-refractivity contribution in [2.24, 2.45) is 0 Å². The minimum absolute atomic E-state index is 0.208. The van der Waals surface area contributed by atoms with E-state index in [0.29, 0.717) is 41.0 Å². The highest BCUT2D eigenvalue weighted by Crippen LogP contribution is 2.39. The Balaban J connectivity index is 1.60. The summed E-state index contributed by atoms with van der Waals surface area (Å²) >= 11 is 7.56. The SMILES string of the molecule is CSc1cc2c(cc1NC(=O)C1=Cc3cc(Cl)ccc3OC1)OCCO2. The summed E-state index contributed by atoms with van der Waals surface area (Å²) in [6.45, 7) is 1.23. The topological polar surface area (TPSA) is 56.8 Å². The number of thioether (sulfide) groups is 1. The normalized spacial score (nSPS) is 14.8. The van der Waals surface area contributed by atoms with Crippen molar-refractivity contribution in [3.05, 3.63) is 46.5 Å². The number of benzene rings is 2. The van der Waals surface area contributed by atoms with E-state index in [0.717, 1.165) is 16.2 Å². The number of fused-ring (bicyclic) bond motifs is 2. The lowest BCUT2D eigenvalue weighted by molar-refractivity contribution is -0.113. The summed E-state index contributed by atoms with van der Waals surface area (Å²) in [5.74, 6) is 1.83. The van der Waals surface area contributed by atoms with Crippen LogP contribution in [0.1, 0.15) is 5.56 Å². The summed E-state index contributed by atoms with van der Waals surface area (Å²) < 4.78 is 16.9. The molecule has 0 atom stereocenters. The van der Waals surface area contributed by atoms with E-state index < -0.39 is 0 Å². The third-order valence-electron chi connectivity index (χ3n) is 4.09. The fraction of sp³-hybridized carbons (Fsp3) is 0.211. The van der Waals surface area contributed by atoms with Crippen molar-refractivity contribution < 1.29 is 19.0 Å². The van der Waals surface area contributed by atoms with Crippen LogP contribution in [0.25, 0.3) is 6.08 Å². The minimum Gasteiger partial charge on any atom is -0.488 e. The molecule has 2 aromatic rings. The Morgan fingerprint density at radius 3 is 2.62 bits per heavy atom. The molecule has 0 radical (unpaired) electrons. The molecule has 5 nitrogen and oxygen atoms in total. The molecular formula is C19H16ClNO4S. The standard InChI is InChI=1S/C19H16ClNO4S/c1-26-18-9-17-16(23-4-5-24-17)8-14(18)21-19(22)12-6-11-7-13(20)2-3-15(11)25-10-12/h2-3,6-9H,4-5,10H2,1H3,(H,21,22). The first-order chi connectivity index (χ1) is 12.6. The molecular weight excluding hydrogens is 374 g/mol. The van der Waals surface area contributed by atoms with Crippen LogP contribution in [0.4, 0.5) is 5.69 Å². The van der Waals surface area contributed by atoms with Crippen molar-refractivity contribution in [2.75, 3.05) is 31.4 Å². The maximum atomic E-state index is 12.7. The van der Waals surface area contributed by atoms with Crippen LogP contribution in [-0.2, 0) is 4.79 Å². The van der Waals surface area contributed by atoms with E-state index in [4.69, 9.17) is 25.8 Å². The molecule has 2 aromatic carbocycles. The zero-order chi connectivity index (χ0) is 18.1. The Morgan fingerprint density at radius 2 is 1.85 bits per heavy atom. The molecule has 0 saturated carbocycles. The van der Waals surface area contributed by atoms with Crippen LogP contribution in [0.15, 0.2) is 40.8 Å². The van der Waals surface area contributed by atoms with Gasteiger partial charge in [-0.2, -0.15) is 0 Å². The van der Waals surface area contributed by atoms with Crippen molar-refractivity contribution in [3.8, 4) is 17.2 Å². The van der Waals surface area contributed by atoms with Crippen LogP contribution in [0.3, 0.4) is 0 Å². The van der Waals surface area contributed by atoms with Gasteiger partial charge in [-0.3, -0.25) is 4.79 Å². The summed E-state index contributed by atoms with van der Waals surface area (Å²) in [4.78, 5) is 13.6. The highest BCUT2D eigenvalue weighted by atomic mass is 35.5. The van der Waals surface area contributed by atoms with Crippen molar-refractivity contribution in [2.45, 2.75) is 4.90 Å². The second-order valence-corrected chi connectivity index (χ2v) is 7.08. The predicted octanol–water partition coefficient (Wildman–Crippen LogP) is 4.25. The van der Waals surface area contributed by atoms with Gasteiger partial charge in [0.05, 0.1) is 11.3 Å². The molecule has 4 rings (SSSR count). The van der Waals surface area contributed by atoms with Crippen LogP contribution in [0, 0.1) is 0 Å². The number of hydrogen-bond acceptors (Lipinski definition) is 5. The number of ether oxygens (including phenoxy) is 3. The number of amides is 1. The molecule has 0 unspecified atom stereocenters. The van der Waals surface area contributed by atoms with Crippen LogP contribution in [0.2, 0.25) is 5.02 Å². The number of halogens is 1. The fourth-order valence-corrected chi connectivity index (χ4v) is 3.55. The van der Waals surface area contributed by atoms with Gasteiger partial charge in [-0.25, -0.2) is 0 Å². The third kappa shape index (κ3) is 3.34. The van der Waals surface area contributed by atoms with Crippen molar-refractivity contribution in [1.29, 1.82) is 0 Å². The number of hydrogen-bond donors (Lipinski definition) is 1. The number of carbonyl (C=O) groups excluding carboxylic acids is 1. The van der Waals surface area contributed by atoms with E-state index >= 15 is 0 Å². The van der Waals surface area contributed by atoms with Gasteiger partial charge in [0.1, 0.15) is 25.6 Å². The van der Waals surface area contributed by atoms with Gasteiger partial charge in [0.2, 0.25) is 0 Å². The Kier molecular flexibility index (Phi) is 4.70. The van der Waals surface area contributed by atoms with Crippen LogP contribution in [0.5, 0.6) is 17.2 Å². The Morgan fingerprint density at radius 1 is 1.08 bits per heavy atom. The molecule has 2 aliphatic rings. The van der Waals surface area contributed by atoms with E-state index in [1.807, 2.05) is 12.3 Å². The van der Waals surface area contributed by atoms with Gasteiger partial charge < -0.3 is 19.5 Å². The lowest BCUT2D eigenvalue weighted by atomic mass is 10.1. The molecule has 0 aliphatic carbocycles. The number of anilines is 1. The molecule has 2 aliphatic heterocycles. The van der Waals surface area contributed by atoms with Crippen LogP contribution >= 0.6 is 23.4 Å². The summed E-state index contributed by atoms with van der Waals surface area (Å²) in [6.07, 6.45) is 3.75. The summed E-state index contributed by atoms with van der Waals surface area (Å²) in [5.41, 5.74) is 2.01. The van der Waals surface area contributed by atoms with Crippen molar-refractivity contribution in [1.82, 2.24) is 0 Å². The predicted molar refractivity (Wildman–Crippen MR) is 103 cm³/mol. The largest absolute Gasteiger partial charge is 0.488 e. The number of rotatable bonds is 3. The minimum atomic E-state index is -0.220.